The minimum Gasteiger partial charge on any atom is -0.507 e. The molecule has 158 valence electrons. The first kappa shape index (κ1) is 22.5. The third-order valence-electron chi connectivity index (χ3n) is 4.48. The molecule has 0 fully saturated rings. The summed E-state index contributed by atoms with van der Waals surface area (Å²) in [4.78, 5) is 24.5. The Bertz CT molecular complexity index is 819. The average molecular weight is 412 g/mol. The van der Waals surface area contributed by atoms with Crippen molar-refractivity contribution in [1.29, 1.82) is 0 Å². The number of ketones is 1. The molecular weight excluding hydrogens is 390 g/mol. The van der Waals surface area contributed by atoms with E-state index in [1.165, 1.54) is 18.2 Å². The Kier molecular flexibility index (Phi) is 7.46. The number of phenolic OH excluding ortho intramolecular Hbond substituents is 1. The van der Waals surface area contributed by atoms with Gasteiger partial charge < -0.3 is 24.8 Å². The molecule has 0 bridgehead atoms. The summed E-state index contributed by atoms with van der Waals surface area (Å²) >= 11 is 0. The first-order valence-electron chi connectivity index (χ1n) is 8.87. The fraction of sp³-hybridized carbons (Fsp3) is 0.400. The lowest BCUT2D eigenvalue weighted by Crippen LogP contribution is -2.32. The number of esters is 1. The van der Waals surface area contributed by atoms with E-state index in [1.807, 2.05) is 0 Å². The van der Waals surface area contributed by atoms with E-state index < -0.39 is 48.3 Å². The third kappa shape index (κ3) is 5.85. The molecule has 0 spiro atoms. The zero-order valence-corrected chi connectivity index (χ0v) is 15.8. The number of halogens is 2. The molecule has 1 aliphatic rings. The highest BCUT2D eigenvalue weighted by atomic mass is 19.3. The maximum atomic E-state index is 12.6. The van der Waals surface area contributed by atoms with Gasteiger partial charge in [-0.15, -0.1) is 0 Å². The lowest BCUT2D eigenvalue weighted by atomic mass is 9.99. The molecule has 0 saturated heterocycles. The quantitative estimate of drug-likeness (QED) is 0.640. The van der Waals surface area contributed by atoms with Gasteiger partial charge in [-0.05, 0) is 31.1 Å². The van der Waals surface area contributed by atoms with Crippen molar-refractivity contribution >= 4 is 17.8 Å². The maximum Gasteiger partial charge on any atom is 0.387 e. The summed E-state index contributed by atoms with van der Waals surface area (Å²) in [5.41, 5.74) is -0.264. The lowest BCUT2D eigenvalue weighted by Gasteiger charge is -2.20. The highest BCUT2D eigenvalue weighted by Crippen LogP contribution is 2.31. The first-order chi connectivity index (χ1) is 13.6. The van der Waals surface area contributed by atoms with Crippen LogP contribution < -0.4 is 4.74 Å². The Hall–Kier alpha value is -2.78. The number of rotatable bonds is 2. The van der Waals surface area contributed by atoms with Crippen LogP contribution in [0.15, 0.2) is 30.4 Å². The predicted octanol–water partition coefficient (Wildman–Crippen LogP) is 2.44. The number of carbonyl (C=O) groups excluding carboxylic acids is 2. The monoisotopic (exact) mass is 412 g/mol. The number of fused-ring (bicyclic) bond motifs is 1. The predicted molar refractivity (Wildman–Crippen MR) is 98.6 cm³/mol. The number of alkyl halides is 2. The van der Waals surface area contributed by atoms with E-state index in [1.54, 1.807) is 13.8 Å². The minimum absolute atomic E-state index is 0.00567. The Morgan fingerprint density at radius 2 is 1.86 bits per heavy atom. The van der Waals surface area contributed by atoms with Crippen molar-refractivity contribution in [1.82, 2.24) is 0 Å². The second-order valence-electron chi connectivity index (χ2n) is 6.67. The second-order valence-corrected chi connectivity index (χ2v) is 6.67. The highest BCUT2D eigenvalue weighted by Gasteiger charge is 2.25. The van der Waals surface area contributed by atoms with Crippen molar-refractivity contribution in [3.8, 4) is 11.5 Å². The van der Waals surface area contributed by atoms with Crippen LogP contribution in [0.5, 0.6) is 11.5 Å². The van der Waals surface area contributed by atoms with Crippen LogP contribution >= 0.6 is 0 Å². The van der Waals surface area contributed by atoms with Crippen LogP contribution in [0.3, 0.4) is 0 Å². The van der Waals surface area contributed by atoms with Gasteiger partial charge in [-0.2, -0.15) is 8.78 Å². The molecular formula is C20H22F2O7. The number of aromatic hydroxyl groups is 1. The van der Waals surface area contributed by atoms with Crippen LogP contribution in [0.1, 0.15) is 36.2 Å². The standard InChI is InChI=1S/C20H22F2O7/c1-10-6-7-15(24)18(26)14(23)5-3-4-12-8-13(29-20(21)22)9-16(25)17(12)19(27)28-11(10)2/h3-4,6-11,14,18,20,23,25-26H,5H2,1-2H3/b4-3+,7-6-/t10-,11?,14+,18+/m1/s1. The van der Waals surface area contributed by atoms with Crippen LogP contribution in [-0.4, -0.2) is 52.0 Å². The molecule has 29 heavy (non-hydrogen) atoms. The van der Waals surface area contributed by atoms with Gasteiger partial charge in [0, 0.05) is 12.0 Å². The van der Waals surface area contributed by atoms with Gasteiger partial charge >= 0.3 is 12.6 Å². The summed E-state index contributed by atoms with van der Waals surface area (Å²) in [5.74, 6) is -3.04. The molecule has 9 heteroatoms. The number of hydrogen-bond donors (Lipinski definition) is 3. The molecule has 1 heterocycles. The number of phenols is 1. The van der Waals surface area contributed by atoms with Gasteiger partial charge in [0.05, 0.1) is 6.10 Å². The number of cyclic esters (lactones) is 1. The summed E-state index contributed by atoms with van der Waals surface area (Å²) in [6.07, 6.45) is 1.14. The molecule has 3 N–H and O–H groups in total. The number of hydrogen-bond acceptors (Lipinski definition) is 7. The SMILES string of the molecule is CC1OC(=O)c2c(O)cc(OC(F)F)cc2/C=C/C[C@H](O)[C@H](O)C(=O)/C=C\[C@H]1C. The zero-order valence-electron chi connectivity index (χ0n) is 15.8. The average Bonchev–Trinajstić information content (AvgIpc) is 2.63. The normalized spacial score (nSPS) is 28.2. The van der Waals surface area contributed by atoms with Crippen LogP contribution in [0.4, 0.5) is 8.78 Å². The molecule has 1 aromatic rings. The van der Waals surface area contributed by atoms with Gasteiger partial charge in [-0.3, -0.25) is 4.79 Å². The summed E-state index contributed by atoms with van der Waals surface area (Å²) in [6, 6.07) is 1.97. The van der Waals surface area contributed by atoms with Gasteiger partial charge in [0.15, 0.2) is 5.78 Å². The van der Waals surface area contributed by atoms with Crippen molar-refractivity contribution in [3.63, 3.8) is 0 Å². The molecule has 0 saturated carbocycles. The van der Waals surface area contributed by atoms with Crippen molar-refractivity contribution in [3.05, 3.63) is 41.5 Å². The van der Waals surface area contributed by atoms with Crippen molar-refractivity contribution in [2.24, 2.45) is 5.92 Å². The number of aliphatic hydroxyl groups excluding tert-OH is 2. The van der Waals surface area contributed by atoms with Crippen molar-refractivity contribution < 1.29 is 43.2 Å². The van der Waals surface area contributed by atoms with E-state index in [2.05, 4.69) is 4.74 Å². The zero-order chi connectivity index (χ0) is 21.7. The first-order valence-corrected chi connectivity index (χ1v) is 8.87. The van der Waals surface area contributed by atoms with Crippen LogP contribution in [0.2, 0.25) is 0 Å². The van der Waals surface area contributed by atoms with Gasteiger partial charge in [-0.25, -0.2) is 4.79 Å². The van der Waals surface area contributed by atoms with Crippen LogP contribution in [0.25, 0.3) is 6.08 Å². The fourth-order valence-electron chi connectivity index (χ4n) is 2.64. The van der Waals surface area contributed by atoms with E-state index in [9.17, 15) is 33.7 Å². The topological polar surface area (TPSA) is 113 Å². The van der Waals surface area contributed by atoms with Crippen molar-refractivity contribution in [2.45, 2.75) is 45.2 Å². The van der Waals surface area contributed by atoms with Gasteiger partial charge in [-0.1, -0.05) is 25.2 Å². The van der Waals surface area contributed by atoms with Crippen LogP contribution in [-0.2, 0) is 9.53 Å². The molecule has 0 amide bonds. The Balaban J connectivity index is 2.50. The molecule has 1 unspecified atom stereocenters. The number of carbonyl (C=O) groups is 2. The Morgan fingerprint density at radius 3 is 2.52 bits per heavy atom. The summed E-state index contributed by atoms with van der Waals surface area (Å²) in [7, 11) is 0. The van der Waals surface area contributed by atoms with E-state index in [4.69, 9.17) is 4.74 Å². The van der Waals surface area contributed by atoms with E-state index in [0.717, 1.165) is 18.2 Å². The summed E-state index contributed by atoms with van der Waals surface area (Å²) < 4.78 is 34.6. The smallest absolute Gasteiger partial charge is 0.387 e. The molecule has 0 radical (unpaired) electrons. The number of benzene rings is 1. The highest BCUT2D eigenvalue weighted by molar-refractivity contribution is 5.97. The third-order valence-corrected chi connectivity index (χ3v) is 4.48. The summed E-state index contributed by atoms with van der Waals surface area (Å²) in [6.45, 7) is 0.0870. The van der Waals surface area contributed by atoms with E-state index in [-0.39, 0.29) is 23.3 Å². The Morgan fingerprint density at radius 1 is 1.17 bits per heavy atom. The van der Waals surface area contributed by atoms with Gasteiger partial charge in [0.2, 0.25) is 0 Å². The fourth-order valence-corrected chi connectivity index (χ4v) is 2.64. The second kappa shape index (κ2) is 9.62. The van der Waals surface area contributed by atoms with E-state index in [0.29, 0.717) is 0 Å². The molecule has 2 rings (SSSR count). The van der Waals surface area contributed by atoms with Crippen molar-refractivity contribution in [2.75, 3.05) is 0 Å². The Labute approximate surface area is 165 Å². The number of aliphatic hydroxyl groups is 2. The molecule has 4 atom stereocenters. The largest absolute Gasteiger partial charge is 0.507 e. The molecule has 0 aliphatic carbocycles. The van der Waals surface area contributed by atoms with Crippen LogP contribution in [0, 0.1) is 5.92 Å². The number of ether oxygens (including phenoxy) is 2. The maximum absolute atomic E-state index is 12.6. The lowest BCUT2D eigenvalue weighted by molar-refractivity contribution is -0.127. The minimum atomic E-state index is -3.14. The molecule has 7 nitrogen and oxygen atoms in total. The summed E-state index contributed by atoms with van der Waals surface area (Å²) in [5, 5.41) is 30.1. The molecule has 1 aliphatic heterocycles. The van der Waals surface area contributed by atoms with Gasteiger partial charge in [0.1, 0.15) is 29.3 Å². The van der Waals surface area contributed by atoms with E-state index >= 15 is 0 Å². The molecule has 0 aromatic heterocycles. The van der Waals surface area contributed by atoms with Gasteiger partial charge in [0.25, 0.3) is 0 Å². The molecule has 1 aromatic carbocycles.